The van der Waals surface area contributed by atoms with Gasteiger partial charge in [-0.2, -0.15) is 4.91 Å². The van der Waals surface area contributed by atoms with Gasteiger partial charge >= 0.3 is 0 Å². The third-order valence-corrected chi connectivity index (χ3v) is 8.36. The van der Waals surface area contributed by atoms with Crippen LogP contribution in [0.5, 0.6) is 0 Å². The molecule has 0 radical (unpaired) electrons. The van der Waals surface area contributed by atoms with Gasteiger partial charge < -0.3 is 4.74 Å². The lowest BCUT2D eigenvalue weighted by Gasteiger charge is -2.27. The number of sulfonamides is 1. The third kappa shape index (κ3) is 5.97. The predicted octanol–water partition coefficient (Wildman–Crippen LogP) is 4.43. The summed E-state index contributed by atoms with van der Waals surface area (Å²) in [5, 5.41) is 13.1. The van der Waals surface area contributed by atoms with Crippen LogP contribution in [-0.2, 0) is 21.2 Å². The molecule has 2 aliphatic rings. The molecule has 0 amide bonds. The van der Waals surface area contributed by atoms with Crippen molar-refractivity contribution in [2.45, 2.75) is 57.8 Å². The second-order valence-corrected chi connectivity index (χ2v) is 11.7. The van der Waals surface area contributed by atoms with E-state index in [0.717, 1.165) is 50.8 Å². The van der Waals surface area contributed by atoms with E-state index in [1.54, 1.807) is 0 Å². The number of nitrogens with one attached hydrogen (secondary N) is 1. The average Bonchev–Trinajstić information content (AvgIpc) is 3.32. The van der Waals surface area contributed by atoms with Crippen LogP contribution >= 0.6 is 11.3 Å². The van der Waals surface area contributed by atoms with Crippen LogP contribution in [0.1, 0.15) is 55.3 Å². The summed E-state index contributed by atoms with van der Waals surface area (Å²) in [5.41, 5.74) is 4.71. The van der Waals surface area contributed by atoms with Gasteiger partial charge in [0.25, 0.3) is 0 Å². The summed E-state index contributed by atoms with van der Waals surface area (Å²) in [4.78, 5) is 14.5. The zero-order valence-corrected chi connectivity index (χ0v) is 21.4. The van der Waals surface area contributed by atoms with Crippen LogP contribution < -0.4 is 4.72 Å². The summed E-state index contributed by atoms with van der Waals surface area (Å²) in [5.74, 6) is -0.310. The van der Waals surface area contributed by atoms with Crippen molar-refractivity contribution in [1.82, 2.24) is 14.9 Å². The van der Waals surface area contributed by atoms with E-state index in [-0.39, 0.29) is 30.5 Å². The zero-order valence-electron chi connectivity index (χ0n) is 19.8. The van der Waals surface area contributed by atoms with E-state index in [2.05, 4.69) is 37.9 Å². The van der Waals surface area contributed by atoms with E-state index in [1.807, 2.05) is 38.1 Å². The second kappa shape index (κ2) is 11.0. The van der Waals surface area contributed by atoms with Crippen molar-refractivity contribution >= 4 is 33.7 Å². The highest BCUT2D eigenvalue weighted by atomic mass is 32.2. The SMILES string of the molecule is C=NC1=CC(c2nnc(-c3cccc4c3CCCC4NS(=O)(=O)CCN=O)s2)=CCC1OC(C)C. The van der Waals surface area contributed by atoms with Crippen LogP contribution in [0.2, 0.25) is 0 Å². The number of hydrogen-bond donors (Lipinski definition) is 1. The van der Waals surface area contributed by atoms with Crippen LogP contribution in [0.3, 0.4) is 0 Å². The molecule has 2 aromatic rings. The molecule has 0 saturated heterocycles. The van der Waals surface area contributed by atoms with Gasteiger partial charge in [-0.1, -0.05) is 40.8 Å². The molecule has 0 fully saturated rings. The van der Waals surface area contributed by atoms with Crippen molar-refractivity contribution in [2.24, 2.45) is 10.2 Å². The molecule has 1 N–H and O–H groups in total. The molecule has 1 aromatic heterocycles. The predicted molar refractivity (Wildman–Crippen MR) is 139 cm³/mol. The molecule has 2 aliphatic carbocycles. The van der Waals surface area contributed by atoms with Gasteiger partial charge in [0.05, 0.1) is 24.1 Å². The first kappa shape index (κ1) is 25.5. The summed E-state index contributed by atoms with van der Waals surface area (Å²) in [7, 11) is -3.60. The average molecular weight is 516 g/mol. The van der Waals surface area contributed by atoms with E-state index < -0.39 is 10.0 Å². The number of aliphatic imine (C=N–C) groups is 1. The molecule has 0 aliphatic heterocycles. The lowest BCUT2D eigenvalue weighted by atomic mass is 9.85. The van der Waals surface area contributed by atoms with Gasteiger partial charge in [0.2, 0.25) is 10.0 Å². The Labute approximate surface area is 209 Å². The first-order chi connectivity index (χ1) is 16.8. The minimum Gasteiger partial charge on any atom is -0.369 e. The van der Waals surface area contributed by atoms with Crippen molar-refractivity contribution in [1.29, 1.82) is 0 Å². The van der Waals surface area contributed by atoms with Gasteiger partial charge in [0.1, 0.15) is 16.1 Å². The summed E-state index contributed by atoms with van der Waals surface area (Å²) >= 11 is 1.49. The van der Waals surface area contributed by atoms with Gasteiger partial charge in [0, 0.05) is 17.2 Å². The molecule has 9 nitrogen and oxygen atoms in total. The maximum Gasteiger partial charge on any atom is 0.214 e. The number of hydrogen-bond acceptors (Lipinski definition) is 9. The number of benzene rings is 1. The van der Waals surface area contributed by atoms with E-state index in [9.17, 15) is 13.3 Å². The number of allylic oxidation sites excluding steroid dienone is 2. The molecule has 0 spiro atoms. The van der Waals surface area contributed by atoms with Gasteiger partial charge in [0.15, 0.2) is 0 Å². The summed E-state index contributed by atoms with van der Waals surface area (Å²) in [6.45, 7) is 7.42. The Morgan fingerprint density at radius 3 is 2.83 bits per heavy atom. The van der Waals surface area contributed by atoms with E-state index in [1.165, 1.54) is 11.3 Å². The second-order valence-electron chi connectivity index (χ2n) is 8.82. The van der Waals surface area contributed by atoms with E-state index >= 15 is 0 Å². The quantitative estimate of drug-likeness (QED) is 0.369. The molecule has 186 valence electrons. The van der Waals surface area contributed by atoms with Crippen LogP contribution in [0.15, 0.2) is 46.2 Å². The Balaban J connectivity index is 1.59. The Kier molecular flexibility index (Phi) is 8.00. The Morgan fingerprint density at radius 1 is 1.29 bits per heavy atom. The summed E-state index contributed by atoms with van der Waals surface area (Å²) < 4.78 is 33.4. The number of rotatable bonds is 10. The van der Waals surface area contributed by atoms with Crippen molar-refractivity contribution in [3.05, 3.63) is 57.1 Å². The molecule has 2 atom stereocenters. The minimum absolute atomic E-state index is 0.0903. The topological polar surface area (TPSA) is 123 Å². The van der Waals surface area contributed by atoms with Crippen molar-refractivity contribution in [3.63, 3.8) is 0 Å². The Bertz CT molecular complexity index is 1270. The summed E-state index contributed by atoms with van der Waals surface area (Å²) in [6.07, 6.45) is 7.07. The first-order valence-corrected chi connectivity index (χ1v) is 14.1. The highest BCUT2D eigenvalue weighted by Gasteiger charge is 2.28. The molecule has 2 unspecified atom stereocenters. The van der Waals surface area contributed by atoms with Crippen LogP contribution in [0.25, 0.3) is 16.1 Å². The lowest BCUT2D eigenvalue weighted by molar-refractivity contribution is 0.0298. The van der Waals surface area contributed by atoms with E-state index in [0.29, 0.717) is 12.8 Å². The summed E-state index contributed by atoms with van der Waals surface area (Å²) in [6, 6.07) is 5.53. The molecule has 4 rings (SSSR count). The third-order valence-electron chi connectivity index (χ3n) is 5.99. The number of aromatic nitrogens is 2. The molecule has 0 bridgehead atoms. The smallest absolute Gasteiger partial charge is 0.214 e. The number of nitroso groups, excluding NO2 is 1. The fraction of sp³-hybridized carbons (Fsp3) is 0.458. The standard InChI is InChI=1S/C24H29N5O4S2/c1-15(2)33-22-11-10-16(14-21(22)25-3)23-27-28-24(34-23)19-8-4-7-18-17(19)6-5-9-20(18)29-35(31,32)13-12-26-30/h4,7-8,10,14-15,20,22,29H,3,5-6,9,11-13H2,1-2H3. The molecule has 35 heavy (non-hydrogen) atoms. The molecule has 0 saturated carbocycles. The normalized spacial score (nSPS) is 20.2. The number of fused-ring (bicyclic) bond motifs is 1. The van der Waals surface area contributed by atoms with Crippen molar-refractivity contribution in [2.75, 3.05) is 12.3 Å². The molecular formula is C24H29N5O4S2. The minimum atomic E-state index is -3.60. The molecule has 1 heterocycles. The fourth-order valence-electron chi connectivity index (χ4n) is 4.47. The lowest BCUT2D eigenvalue weighted by Crippen LogP contribution is -2.33. The number of nitrogens with zero attached hydrogens (tertiary/aromatic N) is 4. The monoisotopic (exact) mass is 515 g/mol. The van der Waals surface area contributed by atoms with Gasteiger partial charge in [-0.25, -0.2) is 13.1 Å². The van der Waals surface area contributed by atoms with Gasteiger partial charge in [-0.05, 0) is 63.5 Å². The van der Waals surface area contributed by atoms with Crippen LogP contribution in [0.4, 0.5) is 0 Å². The van der Waals surface area contributed by atoms with Crippen LogP contribution in [-0.4, -0.2) is 49.8 Å². The maximum absolute atomic E-state index is 12.4. The maximum atomic E-state index is 12.4. The highest BCUT2D eigenvalue weighted by molar-refractivity contribution is 7.89. The first-order valence-electron chi connectivity index (χ1n) is 11.6. The van der Waals surface area contributed by atoms with Gasteiger partial charge in [-0.3, -0.25) is 4.99 Å². The molecular weight excluding hydrogens is 486 g/mol. The fourth-order valence-corrected chi connectivity index (χ4v) is 6.49. The largest absolute Gasteiger partial charge is 0.369 e. The van der Waals surface area contributed by atoms with Crippen molar-refractivity contribution < 1.29 is 13.2 Å². The van der Waals surface area contributed by atoms with Crippen LogP contribution in [0, 0.1) is 4.91 Å². The Morgan fingerprint density at radius 2 is 2.09 bits per heavy atom. The number of ether oxygens (including phenoxy) is 1. The van der Waals surface area contributed by atoms with Crippen molar-refractivity contribution in [3.8, 4) is 10.6 Å². The molecule has 11 heteroatoms. The highest BCUT2D eigenvalue weighted by Crippen LogP contribution is 2.39. The van der Waals surface area contributed by atoms with Gasteiger partial charge in [-0.15, -0.1) is 10.2 Å². The molecule has 1 aromatic carbocycles. The Hall–Kier alpha value is -2.60. The zero-order chi connectivity index (χ0) is 25.0. The van der Waals surface area contributed by atoms with E-state index in [4.69, 9.17) is 4.74 Å².